The summed E-state index contributed by atoms with van der Waals surface area (Å²) in [5, 5.41) is 11.6. The van der Waals surface area contributed by atoms with E-state index in [1.807, 2.05) is 30.3 Å². The number of nitrogens with zero attached hydrogens (tertiary/aromatic N) is 2. The van der Waals surface area contributed by atoms with Crippen LogP contribution in [0.1, 0.15) is 5.56 Å². The van der Waals surface area contributed by atoms with Crippen LogP contribution in [-0.4, -0.2) is 54.0 Å². The molecule has 0 atom stereocenters. The van der Waals surface area contributed by atoms with E-state index in [1.165, 1.54) is 22.8 Å². The first-order valence-corrected chi connectivity index (χ1v) is 14.1. The first kappa shape index (κ1) is 27.1. The number of halogens is 1. The molecular weight excluding hydrogens is 547 g/mol. The van der Waals surface area contributed by atoms with Crippen LogP contribution < -0.4 is 15.9 Å². The third-order valence-corrected chi connectivity index (χ3v) is 8.15. The minimum absolute atomic E-state index is 0.0328. The molecule has 1 N–H and O–H groups in total. The summed E-state index contributed by atoms with van der Waals surface area (Å²) in [5.41, 5.74) is -0.0809. The molecule has 0 aliphatic carbocycles. The van der Waals surface area contributed by atoms with Crippen LogP contribution in [0.15, 0.2) is 96.6 Å². The third-order valence-electron chi connectivity index (χ3n) is 7.03. The lowest BCUT2D eigenvalue weighted by atomic mass is 10.1. The van der Waals surface area contributed by atoms with Gasteiger partial charge in [-0.3, -0.25) is 9.69 Å². The van der Waals surface area contributed by atoms with Gasteiger partial charge in [-0.15, -0.1) is 0 Å². The van der Waals surface area contributed by atoms with E-state index >= 15 is 0 Å². The van der Waals surface area contributed by atoms with E-state index in [2.05, 4.69) is 4.90 Å². The van der Waals surface area contributed by atoms with Crippen molar-refractivity contribution in [3.05, 3.63) is 105 Å². The number of aromatic nitrogens is 1. The lowest BCUT2D eigenvalue weighted by Gasteiger charge is -2.26. The predicted octanol–water partition coefficient (Wildman–Crippen LogP) is 4.86. The minimum Gasteiger partial charge on any atom is -0.505 e. The van der Waals surface area contributed by atoms with Crippen molar-refractivity contribution in [2.45, 2.75) is 16.3 Å². The van der Waals surface area contributed by atoms with Gasteiger partial charge in [0.15, 0.2) is 11.3 Å². The van der Waals surface area contributed by atoms with Gasteiger partial charge in [-0.2, -0.15) is 0 Å². The molecule has 1 fully saturated rings. The molecule has 1 aliphatic heterocycles. The van der Waals surface area contributed by atoms with Crippen LogP contribution in [0.25, 0.3) is 21.9 Å². The van der Waals surface area contributed by atoms with Crippen LogP contribution in [0.4, 0.5) is 4.39 Å². The topological polar surface area (TPSA) is 94.1 Å². The van der Waals surface area contributed by atoms with Crippen molar-refractivity contribution >= 4 is 33.6 Å². The van der Waals surface area contributed by atoms with E-state index < -0.39 is 22.8 Å². The summed E-state index contributed by atoms with van der Waals surface area (Å²) >= 11 is 0.718. The number of rotatable bonds is 8. The molecule has 0 saturated carbocycles. The van der Waals surface area contributed by atoms with Gasteiger partial charge in [0, 0.05) is 36.0 Å². The summed E-state index contributed by atoms with van der Waals surface area (Å²) in [6, 6.07) is 20.5. The molecule has 210 valence electrons. The Morgan fingerprint density at radius 3 is 2.51 bits per heavy atom. The van der Waals surface area contributed by atoms with Gasteiger partial charge in [0.2, 0.25) is 0 Å². The van der Waals surface area contributed by atoms with Crippen LogP contribution in [0.5, 0.6) is 11.5 Å². The largest absolute Gasteiger partial charge is 0.505 e. The van der Waals surface area contributed by atoms with Crippen molar-refractivity contribution in [3.8, 4) is 11.5 Å². The van der Waals surface area contributed by atoms with Gasteiger partial charge < -0.3 is 23.6 Å². The monoisotopic (exact) mass is 574 g/mol. The van der Waals surface area contributed by atoms with Crippen molar-refractivity contribution in [1.82, 2.24) is 9.47 Å². The summed E-state index contributed by atoms with van der Waals surface area (Å²) in [6.07, 6.45) is 0. The molecule has 5 aromatic rings. The smallest absolute Gasteiger partial charge is 0.354 e. The zero-order valence-electron chi connectivity index (χ0n) is 22.0. The van der Waals surface area contributed by atoms with E-state index in [1.54, 1.807) is 24.3 Å². The summed E-state index contributed by atoms with van der Waals surface area (Å²) in [7, 11) is 0. The molecule has 10 heteroatoms. The van der Waals surface area contributed by atoms with Crippen molar-refractivity contribution < 1.29 is 23.4 Å². The summed E-state index contributed by atoms with van der Waals surface area (Å²) in [4.78, 5) is 29.2. The van der Waals surface area contributed by atoms with Gasteiger partial charge in [0.25, 0.3) is 5.56 Å². The predicted molar refractivity (Wildman–Crippen MR) is 155 cm³/mol. The highest BCUT2D eigenvalue weighted by atomic mass is 32.2. The van der Waals surface area contributed by atoms with Gasteiger partial charge in [-0.05, 0) is 29.8 Å². The van der Waals surface area contributed by atoms with Crippen LogP contribution in [0.3, 0.4) is 0 Å². The minimum atomic E-state index is -0.865. The van der Waals surface area contributed by atoms with E-state index in [9.17, 15) is 19.1 Å². The van der Waals surface area contributed by atoms with E-state index in [0.29, 0.717) is 36.5 Å². The molecule has 8 nitrogen and oxygen atoms in total. The fourth-order valence-corrected chi connectivity index (χ4v) is 5.78. The highest BCUT2D eigenvalue weighted by Crippen LogP contribution is 2.38. The number of ether oxygens (including phenoxy) is 2. The van der Waals surface area contributed by atoms with Gasteiger partial charge >= 0.3 is 5.63 Å². The number of aromatic hydroxyl groups is 1. The number of hydrogen-bond acceptors (Lipinski definition) is 8. The normalized spacial score (nSPS) is 14.1. The fourth-order valence-electron chi connectivity index (χ4n) is 4.92. The molecule has 0 bridgehead atoms. The zero-order valence-corrected chi connectivity index (χ0v) is 22.9. The second kappa shape index (κ2) is 11.8. The Morgan fingerprint density at radius 2 is 1.73 bits per heavy atom. The highest BCUT2D eigenvalue weighted by molar-refractivity contribution is 7.99. The maximum Gasteiger partial charge on any atom is 0.354 e. The molecule has 6 rings (SSSR count). The van der Waals surface area contributed by atoms with Gasteiger partial charge in [-0.1, -0.05) is 54.2 Å². The lowest BCUT2D eigenvalue weighted by Crippen LogP contribution is -2.38. The fraction of sp³-hybridized carbons (Fsp3) is 0.226. The molecule has 0 spiro atoms. The van der Waals surface area contributed by atoms with Gasteiger partial charge in [0.1, 0.15) is 28.5 Å². The molecule has 0 unspecified atom stereocenters. The average Bonchev–Trinajstić information content (AvgIpc) is 2.99. The Bertz CT molecular complexity index is 1830. The summed E-state index contributed by atoms with van der Waals surface area (Å²) < 4.78 is 33.0. The summed E-state index contributed by atoms with van der Waals surface area (Å²) in [6.45, 7) is 4.50. The standard InChI is InChI=1S/C31H27FN2O6S/c32-23-8-4-5-9-25(23)41-29-27(35)26-28(40-31(29)37)22-11-10-21(39-17-14-33-12-15-38-16-13-33)18-24(22)34(30(26)36)19-20-6-2-1-3-7-20/h1-11,18,35H,12-17,19H2. The van der Waals surface area contributed by atoms with E-state index in [0.717, 1.165) is 37.0 Å². The highest BCUT2D eigenvalue weighted by Gasteiger charge is 2.23. The quantitative estimate of drug-likeness (QED) is 0.263. The van der Waals surface area contributed by atoms with Gasteiger partial charge in [0.05, 0.1) is 25.3 Å². The van der Waals surface area contributed by atoms with Crippen molar-refractivity contribution in [2.75, 3.05) is 39.5 Å². The number of benzene rings is 3. The average molecular weight is 575 g/mol. The molecular formula is C31H27FN2O6S. The Kier molecular flexibility index (Phi) is 7.78. The van der Waals surface area contributed by atoms with Crippen LogP contribution >= 0.6 is 11.8 Å². The maximum atomic E-state index is 14.4. The Hall–Kier alpha value is -4.12. The second-order valence-electron chi connectivity index (χ2n) is 9.66. The number of morpholine rings is 1. The molecule has 41 heavy (non-hydrogen) atoms. The van der Waals surface area contributed by atoms with Crippen molar-refractivity contribution in [2.24, 2.45) is 0 Å². The van der Waals surface area contributed by atoms with Crippen LogP contribution in [0, 0.1) is 5.82 Å². The molecule has 3 aromatic carbocycles. The Morgan fingerprint density at radius 1 is 0.976 bits per heavy atom. The number of hydrogen-bond donors (Lipinski definition) is 1. The SMILES string of the molecule is O=c1oc2c(c(O)c1Sc1ccccc1F)c(=O)n(Cc1ccccc1)c1cc(OCCN3CCOCC3)ccc21. The Labute approximate surface area is 238 Å². The molecule has 3 heterocycles. The molecule has 1 aliphatic rings. The van der Waals surface area contributed by atoms with Gasteiger partial charge in [-0.25, -0.2) is 9.18 Å². The number of fused-ring (bicyclic) bond motifs is 3. The summed E-state index contributed by atoms with van der Waals surface area (Å²) in [5.74, 6) is -0.536. The lowest BCUT2D eigenvalue weighted by molar-refractivity contribution is 0.0322. The first-order valence-electron chi connectivity index (χ1n) is 13.2. The van der Waals surface area contributed by atoms with Crippen LogP contribution in [-0.2, 0) is 11.3 Å². The Balaban J connectivity index is 1.46. The maximum absolute atomic E-state index is 14.4. The third kappa shape index (κ3) is 5.58. The molecule has 2 aromatic heterocycles. The van der Waals surface area contributed by atoms with Crippen molar-refractivity contribution in [3.63, 3.8) is 0 Å². The second-order valence-corrected chi connectivity index (χ2v) is 10.7. The van der Waals surface area contributed by atoms with E-state index in [-0.39, 0.29) is 27.3 Å². The van der Waals surface area contributed by atoms with Crippen molar-refractivity contribution in [1.29, 1.82) is 0 Å². The van der Waals surface area contributed by atoms with Crippen LogP contribution in [0.2, 0.25) is 0 Å². The van der Waals surface area contributed by atoms with E-state index in [4.69, 9.17) is 13.9 Å². The molecule has 1 saturated heterocycles. The number of pyridine rings is 1. The first-order chi connectivity index (χ1) is 20.0. The zero-order chi connectivity index (χ0) is 28.3. The molecule has 0 radical (unpaired) electrons. The molecule has 0 amide bonds.